The van der Waals surface area contributed by atoms with Gasteiger partial charge in [-0.25, -0.2) is 4.79 Å². The minimum atomic E-state index is -1.24. The summed E-state index contributed by atoms with van der Waals surface area (Å²) in [5.41, 5.74) is 1.03. The fourth-order valence-electron chi connectivity index (χ4n) is 2.27. The maximum absolute atomic E-state index is 12.0. The van der Waals surface area contributed by atoms with Gasteiger partial charge >= 0.3 is 5.97 Å². The lowest BCUT2D eigenvalue weighted by molar-refractivity contribution is -0.121. The van der Waals surface area contributed by atoms with Crippen LogP contribution in [0, 0.1) is 0 Å². The van der Waals surface area contributed by atoms with Crippen LogP contribution in [-0.2, 0) is 4.79 Å². The number of amides is 1. The number of carbonyl (C=O) groups excluding carboxylic acids is 1. The largest absolute Gasteiger partial charge is 0.484 e. The second-order valence-corrected chi connectivity index (χ2v) is 7.38. The number of carboxylic acids is 1. The number of benzene rings is 2. The molecule has 3 N–H and O–H groups in total. The van der Waals surface area contributed by atoms with Crippen LogP contribution in [0.4, 0.5) is 5.69 Å². The molecule has 9 heteroatoms. The molecule has 1 amide bonds. The molecule has 28 heavy (non-hydrogen) atoms. The highest BCUT2D eigenvalue weighted by atomic mass is 35.5. The molecule has 0 heterocycles. The van der Waals surface area contributed by atoms with Gasteiger partial charge in [-0.2, -0.15) is 0 Å². The number of anilines is 1. The number of nitrogens with one attached hydrogen (secondary N) is 2. The second kappa shape index (κ2) is 9.73. The standard InChI is InChI=1S/C19H18Cl2N2O4S/c1-10(2)11-3-5-13(6-4-11)27-9-16(24)22-19(28)23-17-14(18(25)26)7-12(20)8-15(17)21/h3-8,10H,9H2,1-2H3,(H,25,26)(H2,22,23,24,28). The average Bonchev–Trinajstić information content (AvgIpc) is 2.62. The first-order valence-corrected chi connectivity index (χ1v) is 9.39. The molecule has 0 bridgehead atoms. The predicted octanol–water partition coefficient (Wildman–Crippen LogP) is 4.71. The van der Waals surface area contributed by atoms with E-state index < -0.39 is 11.9 Å². The molecule has 0 atom stereocenters. The molecule has 0 fully saturated rings. The van der Waals surface area contributed by atoms with E-state index in [0.29, 0.717) is 11.7 Å². The third kappa shape index (κ3) is 6.09. The zero-order valence-corrected chi connectivity index (χ0v) is 17.4. The SMILES string of the molecule is CC(C)c1ccc(OCC(=O)NC(=S)Nc2c(Cl)cc(Cl)cc2C(=O)O)cc1. The summed E-state index contributed by atoms with van der Waals surface area (Å²) >= 11 is 16.9. The maximum Gasteiger partial charge on any atom is 0.337 e. The van der Waals surface area contributed by atoms with Crippen LogP contribution in [0.15, 0.2) is 36.4 Å². The van der Waals surface area contributed by atoms with Crippen molar-refractivity contribution in [2.45, 2.75) is 19.8 Å². The van der Waals surface area contributed by atoms with Crippen molar-refractivity contribution in [2.75, 3.05) is 11.9 Å². The van der Waals surface area contributed by atoms with Gasteiger partial charge in [0.05, 0.1) is 16.3 Å². The van der Waals surface area contributed by atoms with E-state index in [4.69, 9.17) is 40.2 Å². The summed E-state index contributed by atoms with van der Waals surface area (Å²) in [6, 6.07) is 10.0. The van der Waals surface area contributed by atoms with Gasteiger partial charge in [0.1, 0.15) is 5.75 Å². The van der Waals surface area contributed by atoms with Crippen LogP contribution in [0.25, 0.3) is 0 Å². The van der Waals surface area contributed by atoms with Crippen LogP contribution in [0.5, 0.6) is 5.75 Å². The Balaban J connectivity index is 1.94. The van der Waals surface area contributed by atoms with Crippen LogP contribution in [0.1, 0.15) is 35.7 Å². The van der Waals surface area contributed by atoms with Crippen molar-refractivity contribution in [1.82, 2.24) is 5.32 Å². The number of halogens is 2. The summed E-state index contributed by atoms with van der Waals surface area (Å²) < 4.78 is 5.42. The van der Waals surface area contributed by atoms with E-state index in [2.05, 4.69) is 24.5 Å². The van der Waals surface area contributed by atoms with E-state index >= 15 is 0 Å². The summed E-state index contributed by atoms with van der Waals surface area (Å²) in [5, 5.41) is 14.4. The van der Waals surface area contributed by atoms with Gasteiger partial charge in [-0.05, 0) is 48.0 Å². The van der Waals surface area contributed by atoms with Gasteiger partial charge in [-0.1, -0.05) is 49.2 Å². The Morgan fingerprint density at radius 3 is 2.39 bits per heavy atom. The molecule has 6 nitrogen and oxygen atoms in total. The smallest absolute Gasteiger partial charge is 0.337 e. The van der Waals surface area contributed by atoms with E-state index in [-0.39, 0.29) is 33.0 Å². The van der Waals surface area contributed by atoms with Gasteiger partial charge in [0, 0.05) is 5.02 Å². The third-order valence-corrected chi connectivity index (χ3v) is 4.41. The lowest BCUT2D eigenvalue weighted by atomic mass is 10.0. The molecule has 2 aromatic rings. The number of carbonyl (C=O) groups is 2. The van der Waals surface area contributed by atoms with E-state index in [0.717, 1.165) is 5.56 Å². The molecule has 148 valence electrons. The Bertz CT molecular complexity index is 902. The number of ether oxygens (including phenoxy) is 1. The summed E-state index contributed by atoms with van der Waals surface area (Å²) in [7, 11) is 0. The molecule has 0 saturated heterocycles. The lowest BCUT2D eigenvalue weighted by Gasteiger charge is -2.14. The summed E-state index contributed by atoms with van der Waals surface area (Å²) in [6.45, 7) is 3.91. The van der Waals surface area contributed by atoms with Crippen molar-refractivity contribution in [2.24, 2.45) is 0 Å². The molecular weight excluding hydrogens is 423 g/mol. The van der Waals surface area contributed by atoms with Crippen LogP contribution < -0.4 is 15.4 Å². The van der Waals surface area contributed by atoms with Crippen LogP contribution >= 0.6 is 35.4 Å². The quantitative estimate of drug-likeness (QED) is 0.563. The Morgan fingerprint density at radius 1 is 1.18 bits per heavy atom. The Labute approximate surface area is 177 Å². The molecule has 0 aliphatic heterocycles. The highest BCUT2D eigenvalue weighted by Gasteiger charge is 2.17. The lowest BCUT2D eigenvalue weighted by Crippen LogP contribution is -2.37. The Kier molecular flexibility index (Phi) is 7.62. The number of hydrogen-bond donors (Lipinski definition) is 3. The highest BCUT2D eigenvalue weighted by molar-refractivity contribution is 7.80. The minimum absolute atomic E-state index is 0.0362. The number of aromatic carboxylic acids is 1. The van der Waals surface area contributed by atoms with Gasteiger partial charge in [-0.3, -0.25) is 10.1 Å². The van der Waals surface area contributed by atoms with Crippen LogP contribution in [-0.4, -0.2) is 28.7 Å². The van der Waals surface area contributed by atoms with Crippen molar-refractivity contribution in [1.29, 1.82) is 0 Å². The molecular formula is C19H18Cl2N2O4S. The molecule has 2 rings (SSSR count). The van der Waals surface area contributed by atoms with E-state index in [1.807, 2.05) is 12.1 Å². The van der Waals surface area contributed by atoms with Gasteiger partial charge in [0.15, 0.2) is 11.7 Å². The van der Waals surface area contributed by atoms with E-state index in [9.17, 15) is 14.7 Å². The predicted molar refractivity (Wildman–Crippen MR) is 114 cm³/mol. The first-order chi connectivity index (χ1) is 13.2. The summed E-state index contributed by atoms with van der Waals surface area (Å²) in [5.74, 6) is -0.801. The zero-order valence-electron chi connectivity index (χ0n) is 15.1. The van der Waals surface area contributed by atoms with Crippen molar-refractivity contribution < 1.29 is 19.4 Å². The number of hydrogen-bond acceptors (Lipinski definition) is 4. The molecule has 0 unspecified atom stereocenters. The number of thiocarbonyl (C=S) groups is 1. The van der Waals surface area contributed by atoms with Crippen LogP contribution in [0.2, 0.25) is 10.0 Å². The van der Waals surface area contributed by atoms with Crippen molar-refractivity contribution >= 4 is 58.1 Å². The summed E-state index contributed by atoms with van der Waals surface area (Å²) in [6.07, 6.45) is 0. The maximum atomic E-state index is 12.0. The number of carboxylic acid groups (broad SMARTS) is 1. The molecule has 0 saturated carbocycles. The molecule has 0 aromatic heterocycles. The normalized spacial score (nSPS) is 10.5. The molecule has 0 aliphatic carbocycles. The molecule has 0 radical (unpaired) electrons. The summed E-state index contributed by atoms with van der Waals surface area (Å²) in [4.78, 5) is 23.4. The Hall–Kier alpha value is -2.35. The Morgan fingerprint density at radius 2 is 1.82 bits per heavy atom. The van der Waals surface area contributed by atoms with E-state index in [1.54, 1.807) is 12.1 Å². The van der Waals surface area contributed by atoms with Crippen molar-refractivity contribution in [3.05, 3.63) is 57.6 Å². The first-order valence-electron chi connectivity index (χ1n) is 8.23. The fourth-order valence-corrected chi connectivity index (χ4v) is 3.03. The van der Waals surface area contributed by atoms with Gasteiger partial charge in [-0.15, -0.1) is 0 Å². The average molecular weight is 441 g/mol. The topological polar surface area (TPSA) is 87.7 Å². The monoisotopic (exact) mass is 440 g/mol. The van der Waals surface area contributed by atoms with Gasteiger partial charge in [0.2, 0.25) is 0 Å². The van der Waals surface area contributed by atoms with Crippen LogP contribution in [0.3, 0.4) is 0 Å². The molecule has 2 aromatic carbocycles. The fraction of sp³-hybridized carbons (Fsp3) is 0.211. The van der Waals surface area contributed by atoms with E-state index in [1.165, 1.54) is 12.1 Å². The second-order valence-electron chi connectivity index (χ2n) is 6.13. The third-order valence-electron chi connectivity index (χ3n) is 3.69. The first kappa shape index (κ1) is 21.9. The minimum Gasteiger partial charge on any atom is -0.484 e. The highest BCUT2D eigenvalue weighted by Crippen LogP contribution is 2.30. The van der Waals surface area contributed by atoms with Gasteiger partial charge in [0.25, 0.3) is 5.91 Å². The molecule has 0 spiro atoms. The van der Waals surface area contributed by atoms with Gasteiger partial charge < -0.3 is 15.2 Å². The number of rotatable bonds is 6. The van der Waals surface area contributed by atoms with Crippen molar-refractivity contribution in [3.63, 3.8) is 0 Å². The van der Waals surface area contributed by atoms with Crippen molar-refractivity contribution in [3.8, 4) is 5.75 Å². The zero-order chi connectivity index (χ0) is 20.8. The molecule has 0 aliphatic rings.